The van der Waals surface area contributed by atoms with Crippen LogP contribution in [0.25, 0.3) is 0 Å². The first-order valence-corrected chi connectivity index (χ1v) is 6.23. The van der Waals surface area contributed by atoms with Crippen molar-refractivity contribution in [1.82, 2.24) is 0 Å². The van der Waals surface area contributed by atoms with E-state index in [1.807, 2.05) is 0 Å². The van der Waals surface area contributed by atoms with Crippen LogP contribution in [0.5, 0.6) is 17.2 Å². The maximum atomic E-state index is 12.2. The summed E-state index contributed by atoms with van der Waals surface area (Å²) >= 11 is 5.95. The van der Waals surface area contributed by atoms with Crippen molar-refractivity contribution in [2.45, 2.75) is 0 Å². The Balaban J connectivity index is 2.32. The molecule has 104 valence electrons. The second kappa shape index (κ2) is 6.30. The maximum Gasteiger partial charge on any atom is 0.347 e. The predicted octanol–water partition coefficient (Wildman–Crippen LogP) is 3.58. The molecule has 0 aliphatic carbocycles. The van der Waals surface area contributed by atoms with Crippen molar-refractivity contribution >= 4 is 17.6 Å². The zero-order chi connectivity index (χ0) is 14.5. The van der Waals surface area contributed by atoms with Gasteiger partial charge in [0.15, 0.2) is 11.5 Å². The minimum absolute atomic E-state index is 0.270. The Labute approximate surface area is 121 Å². The van der Waals surface area contributed by atoms with Crippen LogP contribution in [0.4, 0.5) is 0 Å². The molecule has 0 saturated carbocycles. The summed E-state index contributed by atoms with van der Waals surface area (Å²) in [6.45, 7) is 0. The summed E-state index contributed by atoms with van der Waals surface area (Å²) in [5, 5.41) is 0.364. The van der Waals surface area contributed by atoms with Gasteiger partial charge in [-0.3, -0.25) is 0 Å². The van der Waals surface area contributed by atoms with Gasteiger partial charge < -0.3 is 14.2 Å². The van der Waals surface area contributed by atoms with E-state index in [1.54, 1.807) is 42.5 Å². The van der Waals surface area contributed by atoms with E-state index >= 15 is 0 Å². The first kappa shape index (κ1) is 14.2. The quantitative estimate of drug-likeness (QED) is 0.638. The molecule has 0 spiro atoms. The van der Waals surface area contributed by atoms with E-state index in [9.17, 15) is 4.79 Å². The fourth-order valence-electron chi connectivity index (χ4n) is 1.73. The average molecular weight is 293 g/mol. The molecule has 2 aromatic carbocycles. The molecule has 0 saturated heterocycles. The molecule has 5 heteroatoms. The molecule has 0 amide bonds. The van der Waals surface area contributed by atoms with Crippen LogP contribution in [0.1, 0.15) is 10.4 Å². The summed E-state index contributed by atoms with van der Waals surface area (Å²) in [5.41, 5.74) is 0.270. The van der Waals surface area contributed by atoms with E-state index in [-0.39, 0.29) is 5.56 Å². The van der Waals surface area contributed by atoms with Crippen LogP contribution in [0, 0.1) is 0 Å². The number of halogens is 1. The fraction of sp³-hybridized carbons (Fsp3) is 0.133. The van der Waals surface area contributed by atoms with Crippen molar-refractivity contribution in [1.29, 1.82) is 0 Å². The molecular weight excluding hydrogens is 280 g/mol. The van der Waals surface area contributed by atoms with Gasteiger partial charge in [-0.15, -0.1) is 0 Å². The second-order valence-corrected chi connectivity index (χ2v) is 4.27. The third-order valence-electron chi connectivity index (χ3n) is 2.66. The molecule has 0 aromatic heterocycles. The average Bonchev–Trinajstić information content (AvgIpc) is 2.48. The predicted molar refractivity (Wildman–Crippen MR) is 76.0 cm³/mol. The second-order valence-electron chi connectivity index (χ2n) is 3.86. The summed E-state index contributed by atoms with van der Waals surface area (Å²) in [4.78, 5) is 12.2. The minimum atomic E-state index is -0.561. The smallest absolute Gasteiger partial charge is 0.347 e. The summed E-state index contributed by atoms with van der Waals surface area (Å²) in [7, 11) is 2.96. The Kier molecular flexibility index (Phi) is 4.48. The first-order valence-electron chi connectivity index (χ1n) is 5.85. The topological polar surface area (TPSA) is 44.8 Å². The van der Waals surface area contributed by atoms with E-state index in [0.29, 0.717) is 22.3 Å². The Bertz CT molecular complexity index is 625. The molecular formula is C15H13ClO4. The van der Waals surface area contributed by atoms with Crippen molar-refractivity contribution in [2.75, 3.05) is 14.2 Å². The fourth-order valence-corrected chi connectivity index (χ4v) is 1.90. The number of hydrogen-bond acceptors (Lipinski definition) is 4. The minimum Gasteiger partial charge on any atom is -0.493 e. The molecule has 0 N–H and O–H groups in total. The molecule has 2 aromatic rings. The summed E-state index contributed by atoms with van der Waals surface area (Å²) in [6.07, 6.45) is 0. The van der Waals surface area contributed by atoms with Gasteiger partial charge >= 0.3 is 5.97 Å². The Morgan fingerprint density at radius 3 is 2.30 bits per heavy atom. The third-order valence-corrected chi connectivity index (χ3v) is 2.97. The molecule has 20 heavy (non-hydrogen) atoms. The number of hydrogen-bond donors (Lipinski definition) is 0. The van der Waals surface area contributed by atoms with Gasteiger partial charge in [0, 0.05) is 0 Å². The molecule has 0 bridgehead atoms. The number of carbonyl (C=O) groups excluding carboxylic acids is 1. The van der Waals surface area contributed by atoms with Crippen molar-refractivity contribution < 1.29 is 19.0 Å². The highest BCUT2D eigenvalue weighted by Crippen LogP contribution is 2.32. The van der Waals surface area contributed by atoms with E-state index in [0.717, 1.165) is 0 Å². The van der Waals surface area contributed by atoms with Gasteiger partial charge in [-0.25, -0.2) is 4.79 Å². The third kappa shape index (κ3) is 2.86. The molecule has 0 aliphatic heterocycles. The van der Waals surface area contributed by atoms with Crippen LogP contribution >= 0.6 is 11.6 Å². The van der Waals surface area contributed by atoms with Crippen molar-refractivity contribution in [3.63, 3.8) is 0 Å². The molecule has 0 radical (unpaired) electrons. The summed E-state index contributed by atoms with van der Waals surface area (Å²) in [6, 6.07) is 11.7. The van der Waals surface area contributed by atoms with Gasteiger partial charge in [-0.05, 0) is 24.3 Å². The van der Waals surface area contributed by atoms with Gasteiger partial charge in [0.2, 0.25) is 0 Å². The zero-order valence-electron chi connectivity index (χ0n) is 11.1. The lowest BCUT2D eigenvalue weighted by molar-refractivity contribution is 0.0730. The van der Waals surface area contributed by atoms with E-state index in [1.165, 1.54) is 14.2 Å². The Hall–Kier alpha value is -2.20. The van der Waals surface area contributed by atoms with Crippen LogP contribution in [-0.4, -0.2) is 20.2 Å². The van der Waals surface area contributed by atoms with Gasteiger partial charge in [0.05, 0.1) is 19.2 Å². The normalized spacial score (nSPS) is 9.95. The van der Waals surface area contributed by atoms with Gasteiger partial charge in [0.1, 0.15) is 11.3 Å². The highest BCUT2D eigenvalue weighted by Gasteiger charge is 2.19. The molecule has 0 atom stereocenters. The molecule has 4 nitrogen and oxygen atoms in total. The number of esters is 1. The molecule has 0 fully saturated rings. The van der Waals surface area contributed by atoms with Crippen LogP contribution in [-0.2, 0) is 0 Å². The maximum absolute atomic E-state index is 12.2. The van der Waals surface area contributed by atoms with Gasteiger partial charge in [0.25, 0.3) is 0 Å². The highest BCUT2D eigenvalue weighted by molar-refractivity contribution is 6.32. The highest BCUT2D eigenvalue weighted by atomic mass is 35.5. The SMILES string of the molecule is COc1cccc(C(=O)Oc2ccccc2Cl)c1OC. The standard InChI is InChI=1S/C15H13ClO4/c1-18-13-9-5-6-10(14(13)19-2)15(17)20-12-8-4-3-7-11(12)16/h3-9H,1-2H3. The van der Waals surface area contributed by atoms with Crippen molar-refractivity contribution in [2.24, 2.45) is 0 Å². The molecule has 0 heterocycles. The molecule has 2 rings (SSSR count). The Morgan fingerprint density at radius 2 is 1.65 bits per heavy atom. The van der Waals surface area contributed by atoms with Crippen LogP contribution < -0.4 is 14.2 Å². The first-order chi connectivity index (χ1) is 9.67. The van der Waals surface area contributed by atoms with Crippen LogP contribution in [0.2, 0.25) is 5.02 Å². The van der Waals surface area contributed by atoms with Crippen LogP contribution in [0.15, 0.2) is 42.5 Å². The Morgan fingerprint density at radius 1 is 0.950 bits per heavy atom. The van der Waals surface area contributed by atoms with Crippen molar-refractivity contribution in [3.05, 3.63) is 53.1 Å². The van der Waals surface area contributed by atoms with E-state index < -0.39 is 5.97 Å². The number of benzene rings is 2. The largest absolute Gasteiger partial charge is 0.493 e. The van der Waals surface area contributed by atoms with E-state index in [4.69, 9.17) is 25.8 Å². The van der Waals surface area contributed by atoms with Crippen molar-refractivity contribution in [3.8, 4) is 17.2 Å². The van der Waals surface area contributed by atoms with E-state index in [2.05, 4.69) is 0 Å². The zero-order valence-corrected chi connectivity index (χ0v) is 11.8. The number of methoxy groups -OCH3 is 2. The number of carbonyl (C=O) groups is 1. The monoisotopic (exact) mass is 292 g/mol. The lowest BCUT2D eigenvalue weighted by Gasteiger charge is -2.12. The van der Waals surface area contributed by atoms with Gasteiger partial charge in [-0.2, -0.15) is 0 Å². The number of ether oxygens (including phenoxy) is 3. The number of rotatable bonds is 4. The lowest BCUT2D eigenvalue weighted by Crippen LogP contribution is -2.11. The number of para-hydroxylation sites is 2. The molecule has 0 aliphatic rings. The van der Waals surface area contributed by atoms with Gasteiger partial charge in [-0.1, -0.05) is 29.8 Å². The summed E-state index contributed by atoms with van der Waals surface area (Å²) < 4.78 is 15.6. The summed E-state index contributed by atoms with van der Waals surface area (Å²) in [5.74, 6) is 0.519. The van der Waals surface area contributed by atoms with Crippen LogP contribution in [0.3, 0.4) is 0 Å². The molecule has 0 unspecified atom stereocenters. The lowest BCUT2D eigenvalue weighted by atomic mass is 10.2.